The molecule has 0 radical (unpaired) electrons. The van der Waals surface area contributed by atoms with Gasteiger partial charge in [0.2, 0.25) is 0 Å². The van der Waals surface area contributed by atoms with E-state index in [1.165, 1.54) is 0 Å². The lowest BCUT2D eigenvalue weighted by atomic mass is 10.2. The average Bonchev–Trinajstić information content (AvgIpc) is 3.01. The number of likely N-dealkylation sites (tertiary alicyclic amines) is 1. The van der Waals surface area contributed by atoms with Gasteiger partial charge in [0.05, 0.1) is 12.6 Å². The van der Waals surface area contributed by atoms with Crippen LogP contribution in [-0.4, -0.2) is 29.2 Å². The molecular weight excluding hydrogens is 226 g/mol. The van der Waals surface area contributed by atoms with E-state index in [-0.39, 0.29) is 6.10 Å². The van der Waals surface area contributed by atoms with Gasteiger partial charge in [-0.1, -0.05) is 30.3 Å². The van der Waals surface area contributed by atoms with Crippen molar-refractivity contribution < 1.29 is 9.52 Å². The van der Waals surface area contributed by atoms with Gasteiger partial charge in [-0.05, 0) is 18.6 Å². The second-order valence-corrected chi connectivity index (χ2v) is 4.81. The zero-order chi connectivity index (χ0) is 12.4. The topological polar surface area (TPSA) is 36.6 Å². The summed E-state index contributed by atoms with van der Waals surface area (Å²) in [6, 6.07) is 14.1. The van der Waals surface area contributed by atoms with Crippen LogP contribution in [0.2, 0.25) is 0 Å². The second-order valence-electron chi connectivity index (χ2n) is 4.81. The summed E-state index contributed by atoms with van der Waals surface area (Å²) in [6.07, 6.45) is 0.695. The third kappa shape index (κ3) is 2.47. The van der Waals surface area contributed by atoms with Crippen molar-refractivity contribution in [3.8, 4) is 11.3 Å². The predicted molar refractivity (Wildman–Crippen MR) is 70.0 cm³/mol. The molecule has 1 saturated heterocycles. The molecule has 2 aromatic rings. The minimum absolute atomic E-state index is 0.173. The molecule has 0 unspecified atom stereocenters. The fourth-order valence-electron chi connectivity index (χ4n) is 2.40. The Balaban J connectivity index is 1.70. The molecule has 3 heteroatoms. The molecule has 1 fully saturated rings. The van der Waals surface area contributed by atoms with Crippen LogP contribution in [0, 0.1) is 0 Å². The minimum atomic E-state index is -0.173. The first-order valence-corrected chi connectivity index (χ1v) is 6.36. The Labute approximate surface area is 107 Å². The van der Waals surface area contributed by atoms with E-state index in [0.717, 1.165) is 43.1 Å². The summed E-state index contributed by atoms with van der Waals surface area (Å²) in [5, 5.41) is 9.49. The van der Waals surface area contributed by atoms with E-state index in [1.54, 1.807) is 0 Å². The van der Waals surface area contributed by atoms with Crippen molar-refractivity contribution in [2.75, 3.05) is 13.1 Å². The maximum Gasteiger partial charge on any atom is 0.134 e. The number of nitrogens with zero attached hydrogens (tertiary/aromatic N) is 1. The zero-order valence-corrected chi connectivity index (χ0v) is 10.2. The van der Waals surface area contributed by atoms with Crippen molar-refractivity contribution in [3.05, 3.63) is 48.2 Å². The van der Waals surface area contributed by atoms with Gasteiger partial charge in [-0.15, -0.1) is 0 Å². The Morgan fingerprint density at radius 2 is 2.00 bits per heavy atom. The molecule has 0 amide bonds. The molecule has 3 rings (SSSR count). The van der Waals surface area contributed by atoms with Gasteiger partial charge in [-0.25, -0.2) is 0 Å². The summed E-state index contributed by atoms with van der Waals surface area (Å²) in [5.74, 6) is 1.87. The maximum absolute atomic E-state index is 9.49. The summed E-state index contributed by atoms with van der Waals surface area (Å²) < 4.78 is 5.84. The molecule has 1 aliphatic heterocycles. The van der Waals surface area contributed by atoms with E-state index in [2.05, 4.69) is 4.90 Å². The van der Waals surface area contributed by atoms with Gasteiger partial charge in [0.15, 0.2) is 0 Å². The van der Waals surface area contributed by atoms with Gasteiger partial charge in [0.1, 0.15) is 11.5 Å². The van der Waals surface area contributed by atoms with Crippen LogP contribution >= 0.6 is 0 Å². The van der Waals surface area contributed by atoms with Crippen molar-refractivity contribution >= 4 is 0 Å². The van der Waals surface area contributed by atoms with Gasteiger partial charge in [0, 0.05) is 18.7 Å². The highest BCUT2D eigenvalue weighted by atomic mass is 16.3. The first kappa shape index (κ1) is 11.5. The fourth-order valence-corrected chi connectivity index (χ4v) is 2.40. The van der Waals surface area contributed by atoms with Crippen molar-refractivity contribution in [2.24, 2.45) is 0 Å². The van der Waals surface area contributed by atoms with Crippen LogP contribution in [0.25, 0.3) is 11.3 Å². The van der Waals surface area contributed by atoms with E-state index in [4.69, 9.17) is 4.42 Å². The summed E-state index contributed by atoms with van der Waals surface area (Å²) >= 11 is 0. The first-order chi connectivity index (χ1) is 8.81. The average molecular weight is 243 g/mol. The zero-order valence-electron chi connectivity index (χ0n) is 10.2. The Morgan fingerprint density at radius 3 is 2.72 bits per heavy atom. The molecule has 1 atom stereocenters. The Bertz CT molecular complexity index is 506. The normalized spacial score (nSPS) is 20.4. The van der Waals surface area contributed by atoms with E-state index < -0.39 is 0 Å². The Kier molecular flexibility index (Phi) is 3.17. The van der Waals surface area contributed by atoms with Crippen LogP contribution in [-0.2, 0) is 6.54 Å². The number of rotatable bonds is 3. The van der Waals surface area contributed by atoms with Gasteiger partial charge < -0.3 is 9.52 Å². The third-order valence-corrected chi connectivity index (χ3v) is 3.35. The van der Waals surface area contributed by atoms with Gasteiger partial charge in [-0.3, -0.25) is 4.90 Å². The lowest BCUT2D eigenvalue weighted by Gasteiger charge is -2.12. The summed E-state index contributed by atoms with van der Waals surface area (Å²) in [4.78, 5) is 2.22. The van der Waals surface area contributed by atoms with Crippen molar-refractivity contribution in [3.63, 3.8) is 0 Å². The summed E-state index contributed by atoms with van der Waals surface area (Å²) in [7, 11) is 0. The maximum atomic E-state index is 9.49. The van der Waals surface area contributed by atoms with Gasteiger partial charge in [-0.2, -0.15) is 0 Å². The number of benzene rings is 1. The fraction of sp³-hybridized carbons (Fsp3) is 0.333. The van der Waals surface area contributed by atoms with Gasteiger partial charge >= 0.3 is 0 Å². The molecule has 1 aliphatic rings. The molecule has 1 N–H and O–H groups in total. The van der Waals surface area contributed by atoms with Crippen LogP contribution < -0.4 is 0 Å². The Morgan fingerprint density at radius 1 is 1.17 bits per heavy atom. The van der Waals surface area contributed by atoms with Crippen LogP contribution in [0.4, 0.5) is 0 Å². The minimum Gasteiger partial charge on any atom is -0.460 e. The number of furan rings is 1. The van der Waals surface area contributed by atoms with E-state index in [0.29, 0.717) is 0 Å². The standard InChI is InChI=1S/C15H17NO2/c17-13-8-9-16(10-13)11-14-6-7-15(18-14)12-4-2-1-3-5-12/h1-7,13,17H,8-11H2/t13-/m1/s1. The smallest absolute Gasteiger partial charge is 0.134 e. The van der Waals surface area contributed by atoms with Gasteiger partial charge in [0.25, 0.3) is 0 Å². The summed E-state index contributed by atoms with van der Waals surface area (Å²) in [6.45, 7) is 2.48. The molecule has 0 bridgehead atoms. The first-order valence-electron chi connectivity index (χ1n) is 6.36. The van der Waals surface area contributed by atoms with Crippen LogP contribution in [0.15, 0.2) is 46.9 Å². The third-order valence-electron chi connectivity index (χ3n) is 3.35. The molecule has 1 aromatic carbocycles. The highest BCUT2D eigenvalue weighted by Crippen LogP contribution is 2.23. The Hall–Kier alpha value is -1.58. The molecule has 2 heterocycles. The molecule has 0 saturated carbocycles. The number of hydrogen-bond acceptors (Lipinski definition) is 3. The highest BCUT2D eigenvalue weighted by Gasteiger charge is 2.21. The van der Waals surface area contributed by atoms with Crippen LogP contribution in [0.5, 0.6) is 0 Å². The van der Waals surface area contributed by atoms with E-state index in [9.17, 15) is 5.11 Å². The van der Waals surface area contributed by atoms with Crippen LogP contribution in [0.3, 0.4) is 0 Å². The lowest BCUT2D eigenvalue weighted by molar-refractivity contribution is 0.172. The monoisotopic (exact) mass is 243 g/mol. The second kappa shape index (κ2) is 4.96. The molecule has 94 valence electrons. The molecule has 3 nitrogen and oxygen atoms in total. The van der Waals surface area contributed by atoms with Crippen molar-refractivity contribution in [2.45, 2.75) is 19.1 Å². The SMILES string of the molecule is O[C@@H]1CCN(Cc2ccc(-c3ccccc3)o2)C1. The predicted octanol–water partition coefficient (Wildman–Crippen LogP) is 2.51. The molecule has 1 aromatic heterocycles. The largest absolute Gasteiger partial charge is 0.460 e. The van der Waals surface area contributed by atoms with Crippen LogP contribution in [0.1, 0.15) is 12.2 Å². The number of hydrogen-bond donors (Lipinski definition) is 1. The molecule has 0 aliphatic carbocycles. The quantitative estimate of drug-likeness (QED) is 0.900. The van der Waals surface area contributed by atoms with E-state index >= 15 is 0 Å². The number of β-amino-alcohol motifs (C(OH)–C–C–N with tert-alkyl or cyclic N) is 1. The molecule has 18 heavy (non-hydrogen) atoms. The number of aliphatic hydroxyl groups is 1. The molecular formula is C15H17NO2. The van der Waals surface area contributed by atoms with Crippen molar-refractivity contribution in [1.82, 2.24) is 4.90 Å². The van der Waals surface area contributed by atoms with Crippen molar-refractivity contribution in [1.29, 1.82) is 0 Å². The highest BCUT2D eigenvalue weighted by molar-refractivity contribution is 5.57. The number of aliphatic hydroxyl groups excluding tert-OH is 1. The summed E-state index contributed by atoms with van der Waals surface area (Å²) in [5.41, 5.74) is 1.10. The van der Waals surface area contributed by atoms with E-state index in [1.807, 2.05) is 42.5 Å². The molecule has 0 spiro atoms. The lowest BCUT2D eigenvalue weighted by Crippen LogP contribution is -2.21.